The maximum Gasteiger partial charge on any atom is 0.389 e. The summed E-state index contributed by atoms with van der Waals surface area (Å²) in [6, 6.07) is -5.11. The normalized spacial score (nSPS) is 19.6. The molecule has 1 saturated heterocycles. The van der Waals surface area contributed by atoms with Crippen molar-refractivity contribution in [1.82, 2.24) is 31.1 Å². The van der Waals surface area contributed by atoms with Crippen LogP contribution in [0.3, 0.4) is 0 Å². The van der Waals surface area contributed by atoms with Crippen LogP contribution < -0.4 is 21.3 Å². The van der Waals surface area contributed by atoms with Gasteiger partial charge in [0.25, 0.3) is 0 Å². The number of ketones is 1. The zero-order valence-electron chi connectivity index (χ0n) is 30.1. The van der Waals surface area contributed by atoms with E-state index in [1.807, 2.05) is 34.6 Å². The number of rotatable bonds is 15. The highest BCUT2D eigenvalue weighted by Gasteiger charge is 2.48. The van der Waals surface area contributed by atoms with Gasteiger partial charge >= 0.3 is 12.2 Å². The third-order valence-electron chi connectivity index (χ3n) is 8.69. The second-order valence-electron chi connectivity index (χ2n) is 15.1. The largest absolute Gasteiger partial charge is 0.389 e. The minimum Gasteiger partial charge on any atom is -0.371 e. The van der Waals surface area contributed by atoms with Gasteiger partial charge in [-0.2, -0.15) is 13.2 Å². The lowest BCUT2D eigenvalue weighted by Crippen LogP contribution is -2.62. The van der Waals surface area contributed by atoms with Crippen LogP contribution in [-0.4, -0.2) is 108 Å². The van der Waals surface area contributed by atoms with Crippen molar-refractivity contribution in [3.63, 3.8) is 0 Å². The topological polar surface area (TPSA) is 160 Å². The summed E-state index contributed by atoms with van der Waals surface area (Å²) >= 11 is 0. The van der Waals surface area contributed by atoms with E-state index in [9.17, 15) is 42.3 Å². The maximum atomic E-state index is 14.2. The molecule has 0 saturated carbocycles. The van der Waals surface area contributed by atoms with Crippen molar-refractivity contribution in [2.75, 3.05) is 26.7 Å². The predicted molar refractivity (Wildman–Crippen MR) is 176 cm³/mol. The smallest absolute Gasteiger partial charge is 0.371 e. The van der Waals surface area contributed by atoms with Crippen LogP contribution in [0, 0.1) is 22.7 Å². The number of alkyl halides is 3. The van der Waals surface area contributed by atoms with Crippen LogP contribution >= 0.6 is 0 Å². The van der Waals surface area contributed by atoms with Crippen molar-refractivity contribution in [2.24, 2.45) is 22.7 Å². The van der Waals surface area contributed by atoms with E-state index < -0.39 is 89.8 Å². The van der Waals surface area contributed by atoms with Crippen molar-refractivity contribution in [2.45, 2.75) is 118 Å². The Labute approximate surface area is 283 Å². The third kappa shape index (κ3) is 13.0. The molecule has 12 nitrogen and oxygen atoms in total. The Hall–Kier alpha value is -3.20. The zero-order chi connectivity index (χ0) is 37.4. The van der Waals surface area contributed by atoms with Crippen molar-refractivity contribution < 1.29 is 42.3 Å². The molecular weight excluding hydrogens is 633 g/mol. The molecule has 48 heavy (non-hydrogen) atoms. The quantitative estimate of drug-likeness (QED) is 0.131. The van der Waals surface area contributed by atoms with Gasteiger partial charge in [-0.1, -0.05) is 61.5 Å². The fourth-order valence-electron chi connectivity index (χ4n) is 5.52. The standard InChI is InChI=1S/C33H57F3N6O6/c1-12-16-37-28(46)25(44)22(13-15-33(34,35)36)38-27(45)24-21(19(2)3)14-17-42(24)29(47)26(32(8,9)10)40-30(48)39-23(31(5,6)7)18-41(11)20(4)43/h12,19,21-24,26,28,37,46H,1,13-18H2,2-11H3,(H,38,45)(H2,39,40,48)/t21-,22?,23-,24+,26-,28?/m1/s1. The summed E-state index contributed by atoms with van der Waals surface area (Å²) in [6.07, 6.45) is -6.93. The number of aliphatic hydroxyl groups excluding tert-OH is 1. The number of likely N-dealkylation sites (N-methyl/N-ethyl adjacent to an activating group) is 1. The number of amides is 5. The summed E-state index contributed by atoms with van der Waals surface area (Å²) in [5.74, 6) is -3.16. The van der Waals surface area contributed by atoms with Gasteiger partial charge < -0.3 is 30.9 Å². The van der Waals surface area contributed by atoms with Crippen LogP contribution in [0.1, 0.15) is 81.6 Å². The number of carbonyl (C=O) groups is 5. The molecule has 15 heteroatoms. The van der Waals surface area contributed by atoms with Crippen LogP contribution in [0.2, 0.25) is 0 Å². The van der Waals surface area contributed by atoms with E-state index in [1.165, 1.54) is 22.8 Å². The minimum absolute atomic E-state index is 0.00807. The Kier molecular flexibility index (Phi) is 15.6. The number of halogens is 3. The zero-order valence-corrected chi connectivity index (χ0v) is 30.1. The van der Waals surface area contributed by atoms with Crippen LogP contribution in [0.5, 0.6) is 0 Å². The molecule has 5 N–H and O–H groups in total. The summed E-state index contributed by atoms with van der Waals surface area (Å²) in [7, 11) is 1.62. The lowest BCUT2D eigenvalue weighted by Gasteiger charge is -2.38. The summed E-state index contributed by atoms with van der Waals surface area (Å²) in [5, 5.41) is 20.7. The molecule has 1 rings (SSSR count). The van der Waals surface area contributed by atoms with Gasteiger partial charge in [-0.25, -0.2) is 4.79 Å². The Morgan fingerprint density at radius 1 is 1.00 bits per heavy atom. The molecule has 0 radical (unpaired) electrons. The van der Waals surface area contributed by atoms with Crippen LogP contribution in [0.4, 0.5) is 18.0 Å². The molecule has 5 amide bonds. The van der Waals surface area contributed by atoms with E-state index in [4.69, 9.17) is 0 Å². The van der Waals surface area contributed by atoms with Gasteiger partial charge in [0.2, 0.25) is 17.7 Å². The molecule has 0 aromatic carbocycles. The molecule has 1 fully saturated rings. The highest BCUT2D eigenvalue weighted by Crippen LogP contribution is 2.34. The molecule has 2 unspecified atom stereocenters. The molecule has 276 valence electrons. The predicted octanol–water partition coefficient (Wildman–Crippen LogP) is 2.96. The van der Waals surface area contributed by atoms with Crippen molar-refractivity contribution >= 4 is 29.5 Å². The summed E-state index contributed by atoms with van der Waals surface area (Å²) in [6.45, 7) is 19.9. The molecule has 0 aromatic heterocycles. The molecule has 6 atom stereocenters. The number of carbonyl (C=O) groups excluding carboxylic acids is 5. The molecule has 0 aromatic rings. The number of nitrogens with one attached hydrogen (secondary N) is 4. The lowest BCUT2D eigenvalue weighted by molar-refractivity contribution is -0.146. The first-order valence-electron chi connectivity index (χ1n) is 16.3. The second-order valence-corrected chi connectivity index (χ2v) is 15.1. The van der Waals surface area contributed by atoms with Crippen LogP contribution in [0.15, 0.2) is 12.7 Å². The van der Waals surface area contributed by atoms with E-state index in [-0.39, 0.29) is 31.5 Å². The molecule has 1 heterocycles. The number of likely N-dealkylation sites (tertiary alicyclic amines) is 1. The van der Waals surface area contributed by atoms with Gasteiger partial charge in [0.15, 0.2) is 12.0 Å². The fraction of sp³-hybridized carbons (Fsp3) is 0.788. The molecule has 0 aliphatic carbocycles. The van der Waals surface area contributed by atoms with Crippen molar-refractivity contribution in [1.29, 1.82) is 0 Å². The van der Waals surface area contributed by atoms with Crippen molar-refractivity contribution in [3.05, 3.63) is 12.7 Å². The highest BCUT2D eigenvalue weighted by molar-refractivity contribution is 5.96. The van der Waals surface area contributed by atoms with Gasteiger partial charge in [0.1, 0.15) is 12.1 Å². The van der Waals surface area contributed by atoms with Gasteiger partial charge in [-0.15, -0.1) is 6.58 Å². The molecular formula is C33H57F3N6O6. The lowest BCUT2D eigenvalue weighted by atomic mass is 9.84. The van der Waals surface area contributed by atoms with E-state index in [2.05, 4.69) is 27.8 Å². The summed E-state index contributed by atoms with van der Waals surface area (Å²) in [4.78, 5) is 69.2. The molecule has 1 aliphatic heterocycles. The van der Waals surface area contributed by atoms with Gasteiger partial charge in [0.05, 0.1) is 12.1 Å². The van der Waals surface area contributed by atoms with Crippen molar-refractivity contribution in [3.8, 4) is 0 Å². The first-order chi connectivity index (χ1) is 21.8. The van der Waals surface area contributed by atoms with Crippen LogP contribution in [-0.2, 0) is 19.2 Å². The molecule has 0 bridgehead atoms. The number of Topliss-reactive ketones (excluding diaryl/α,β-unsaturated/α-hetero) is 1. The number of hydrogen-bond donors (Lipinski definition) is 5. The fourth-order valence-corrected chi connectivity index (χ4v) is 5.52. The van der Waals surface area contributed by atoms with E-state index in [0.717, 1.165) is 0 Å². The second kappa shape index (κ2) is 17.5. The number of nitrogens with zero attached hydrogens (tertiary/aromatic N) is 2. The number of hydrogen-bond acceptors (Lipinski definition) is 7. The summed E-state index contributed by atoms with van der Waals surface area (Å²) in [5.41, 5.74) is -1.30. The Morgan fingerprint density at radius 2 is 1.58 bits per heavy atom. The SMILES string of the molecule is C=CCNC(O)C(=O)C(CCC(F)(F)F)NC(=O)[C@@H]1[C@@H](C(C)C)CCN1C(=O)[C@@H](NC(=O)N[C@H](CN(C)C(C)=O)C(C)(C)C)C(C)(C)C. The first kappa shape index (κ1) is 42.8. The average Bonchev–Trinajstić information content (AvgIpc) is 3.40. The number of aliphatic hydroxyl groups is 1. The van der Waals surface area contributed by atoms with Gasteiger partial charge in [0, 0.05) is 40.0 Å². The Balaban J connectivity index is 3.39. The molecule has 0 spiro atoms. The van der Waals surface area contributed by atoms with Crippen LogP contribution in [0.25, 0.3) is 0 Å². The first-order valence-corrected chi connectivity index (χ1v) is 16.3. The average molecular weight is 691 g/mol. The summed E-state index contributed by atoms with van der Waals surface area (Å²) < 4.78 is 39.5. The van der Waals surface area contributed by atoms with Gasteiger partial charge in [-0.05, 0) is 35.5 Å². The highest BCUT2D eigenvalue weighted by atomic mass is 19.4. The maximum absolute atomic E-state index is 14.2. The van der Waals surface area contributed by atoms with Gasteiger partial charge in [-0.3, -0.25) is 24.5 Å². The molecule has 1 aliphatic rings. The Bertz CT molecular complexity index is 1150. The monoisotopic (exact) mass is 690 g/mol. The van der Waals surface area contributed by atoms with E-state index in [1.54, 1.807) is 27.8 Å². The van der Waals surface area contributed by atoms with E-state index in [0.29, 0.717) is 6.42 Å². The third-order valence-corrected chi connectivity index (χ3v) is 8.69. The Morgan fingerprint density at radius 3 is 2.04 bits per heavy atom. The number of urea groups is 1. The van der Waals surface area contributed by atoms with E-state index >= 15 is 0 Å². The minimum atomic E-state index is -4.63.